The summed E-state index contributed by atoms with van der Waals surface area (Å²) in [7, 11) is 0. The number of rotatable bonds is 3. The van der Waals surface area contributed by atoms with Crippen LogP contribution in [0.4, 0.5) is 18.9 Å². The van der Waals surface area contributed by atoms with Gasteiger partial charge in [-0.3, -0.25) is 0 Å². The molecule has 16 heavy (non-hydrogen) atoms. The zero-order valence-corrected chi connectivity index (χ0v) is 9.58. The Morgan fingerprint density at radius 1 is 1.44 bits per heavy atom. The monoisotopic (exact) mass is 247 g/mol. The number of halogens is 3. The van der Waals surface area contributed by atoms with Crippen LogP contribution < -0.4 is 5.73 Å². The lowest BCUT2D eigenvalue weighted by atomic mass is 10.2. The second-order valence-corrected chi connectivity index (χ2v) is 4.51. The summed E-state index contributed by atoms with van der Waals surface area (Å²) in [6.45, 7) is 5.57. The number of hydrogen-bond donors (Lipinski definition) is 1. The fourth-order valence-corrected chi connectivity index (χ4v) is 1.85. The van der Waals surface area contributed by atoms with Gasteiger partial charge in [0.2, 0.25) is 0 Å². The number of anilines is 1. The average molecular weight is 247 g/mol. The van der Waals surface area contributed by atoms with Crippen LogP contribution in [0.15, 0.2) is 35.2 Å². The molecule has 0 aliphatic rings. The number of hydrogen-bond acceptors (Lipinski definition) is 2. The zero-order chi connectivity index (χ0) is 12.3. The minimum absolute atomic E-state index is 0.154. The fraction of sp³-hybridized carbons (Fsp3) is 0.273. The number of alkyl halides is 3. The first kappa shape index (κ1) is 13.0. The van der Waals surface area contributed by atoms with E-state index in [9.17, 15) is 13.2 Å². The Kier molecular flexibility index (Phi) is 3.91. The molecular formula is C11H12F3NS. The van der Waals surface area contributed by atoms with Gasteiger partial charge in [0.1, 0.15) is 0 Å². The largest absolute Gasteiger partial charge is 0.416 e. The molecule has 0 spiro atoms. The molecule has 2 N–H and O–H groups in total. The molecule has 0 heterocycles. The standard InChI is InChI=1S/C11H12F3NS/c1-7(2)6-16-10-4-3-8(5-9(10)15)11(12,13)14/h3-5H,1,6,15H2,2H3. The van der Waals surface area contributed by atoms with E-state index in [1.54, 1.807) is 0 Å². The lowest BCUT2D eigenvalue weighted by molar-refractivity contribution is -0.137. The smallest absolute Gasteiger partial charge is 0.398 e. The highest BCUT2D eigenvalue weighted by Gasteiger charge is 2.30. The van der Waals surface area contributed by atoms with Crippen molar-refractivity contribution in [2.24, 2.45) is 0 Å². The molecule has 1 nitrogen and oxygen atoms in total. The van der Waals surface area contributed by atoms with Crippen LogP contribution in [0.25, 0.3) is 0 Å². The van der Waals surface area contributed by atoms with Crippen LogP contribution in [0, 0.1) is 0 Å². The summed E-state index contributed by atoms with van der Waals surface area (Å²) in [4.78, 5) is 0.649. The van der Waals surface area contributed by atoms with E-state index in [4.69, 9.17) is 5.73 Å². The number of nitrogens with two attached hydrogens (primary N) is 1. The van der Waals surface area contributed by atoms with E-state index in [-0.39, 0.29) is 5.69 Å². The molecule has 0 saturated heterocycles. The third-order valence-corrected chi connectivity index (χ3v) is 3.13. The second kappa shape index (κ2) is 4.82. The highest BCUT2D eigenvalue weighted by Crippen LogP contribution is 2.34. The second-order valence-electron chi connectivity index (χ2n) is 3.50. The maximum absolute atomic E-state index is 12.3. The van der Waals surface area contributed by atoms with Gasteiger partial charge in [0, 0.05) is 16.3 Å². The fourth-order valence-electron chi connectivity index (χ4n) is 1.06. The Morgan fingerprint density at radius 3 is 2.50 bits per heavy atom. The third kappa shape index (κ3) is 3.48. The van der Waals surface area contributed by atoms with Gasteiger partial charge in [-0.2, -0.15) is 13.2 Å². The Bertz CT molecular complexity index is 399. The van der Waals surface area contributed by atoms with E-state index in [2.05, 4.69) is 6.58 Å². The first-order valence-electron chi connectivity index (χ1n) is 4.54. The van der Waals surface area contributed by atoms with Crippen LogP contribution in [-0.4, -0.2) is 5.75 Å². The van der Waals surface area contributed by atoms with Gasteiger partial charge in [-0.25, -0.2) is 0 Å². The van der Waals surface area contributed by atoms with Crippen molar-refractivity contribution in [3.8, 4) is 0 Å². The highest BCUT2D eigenvalue weighted by molar-refractivity contribution is 7.99. The summed E-state index contributed by atoms with van der Waals surface area (Å²) in [6.07, 6.45) is -4.34. The molecule has 1 aromatic rings. The predicted octanol–water partition coefficient (Wildman–Crippen LogP) is 3.96. The van der Waals surface area contributed by atoms with Gasteiger partial charge in [0.15, 0.2) is 0 Å². The normalized spacial score (nSPS) is 11.5. The first-order valence-corrected chi connectivity index (χ1v) is 5.53. The Labute approximate surface area is 96.5 Å². The molecule has 1 aromatic carbocycles. The summed E-state index contributed by atoms with van der Waals surface area (Å²) in [5, 5.41) is 0. The van der Waals surface area contributed by atoms with E-state index < -0.39 is 11.7 Å². The minimum Gasteiger partial charge on any atom is -0.398 e. The van der Waals surface area contributed by atoms with Crippen LogP contribution in [0.5, 0.6) is 0 Å². The van der Waals surface area contributed by atoms with Crippen molar-refractivity contribution in [1.29, 1.82) is 0 Å². The average Bonchev–Trinajstić information content (AvgIpc) is 2.14. The van der Waals surface area contributed by atoms with E-state index in [0.717, 1.165) is 17.7 Å². The maximum Gasteiger partial charge on any atom is 0.416 e. The van der Waals surface area contributed by atoms with Crippen LogP contribution in [-0.2, 0) is 6.18 Å². The van der Waals surface area contributed by atoms with Crippen molar-refractivity contribution < 1.29 is 13.2 Å². The SMILES string of the molecule is C=C(C)CSc1ccc(C(F)(F)F)cc1N. The summed E-state index contributed by atoms with van der Waals surface area (Å²) in [5.74, 6) is 0.648. The summed E-state index contributed by atoms with van der Waals surface area (Å²) < 4.78 is 37.0. The molecule has 0 saturated carbocycles. The van der Waals surface area contributed by atoms with Crippen molar-refractivity contribution in [1.82, 2.24) is 0 Å². The van der Waals surface area contributed by atoms with Gasteiger partial charge in [0.25, 0.3) is 0 Å². The molecule has 88 valence electrons. The Balaban J connectivity index is 2.88. The van der Waals surface area contributed by atoms with Gasteiger partial charge in [-0.05, 0) is 25.1 Å². The summed E-state index contributed by atoms with van der Waals surface area (Å²) >= 11 is 1.38. The molecule has 0 radical (unpaired) electrons. The first-order chi connectivity index (χ1) is 7.30. The van der Waals surface area contributed by atoms with Gasteiger partial charge in [0.05, 0.1) is 5.56 Å². The Hall–Kier alpha value is -1.10. The zero-order valence-electron chi connectivity index (χ0n) is 8.77. The van der Waals surface area contributed by atoms with E-state index in [0.29, 0.717) is 10.6 Å². The summed E-state index contributed by atoms with van der Waals surface area (Å²) in [6, 6.07) is 3.39. The van der Waals surface area contributed by atoms with E-state index >= 15 is 0 Å². The minimum atomic E-state index is -4.34. The predicted molar refractivity (Wildman–Crippen MR) is 61.4 cm³/mol. The van der Waals surface area contributed by atoms with Gasteiger partial charge < -0.3 is 5.73 Å². The molecule has 1 rings (SSSR count). The van der Waals surface area contributed by atoms with Crippen molar-refractivity contribution in [3.63, 3.8) is 0 Å². The molecule has 0 amide bonds. The van der Waals surface area contributed by atoms with Crippen LogP contribution >= 0.6 is 11.8 Å². The number of benzene rings is 1. The van der Waals surface area contributed by atoms with Gasteiger partial charge in [-0.1, -0.05) is 12.2 Å². The highest BCUT2D eigenvalue weighted by atomic mass is 32.2. The number of nitrogen functional groups attached to an aromatic ring is 1. The molecule has 0 aromatic heterocycles. The van der Waals surface area contributed by atoms with Crippen molar-refractivity contribution in [2.45, 2.75) is 18.0 Å². The van der Waals surface area contributed by atoms with Crippen LogP contribution in [0.2, 0.25) is 0 Å². The van der Waals surface area contributed by atoms with E-state index in [1.165, 1.54) is 17.8 Å². The third-order valence-electron chi connectivity index (χ3n) is 1.81. The number of thioether (sulfide) groups is 1. The molecule has 0 atom stereocenters. The molecule has 5 heteroatoms. The quantitative estimate of drug-likeness (QED) is 0.497. The van der Waals surface area contributed by atoms with Crippen LogP contribution in [0.3, 0.4) is 0 Å². The van der Waals surface area contributed by atoms with Gasteiger partial charge in [-0.15, -0.1) is 11.8 Å². The maximum atomic E-state index is 12.3. The van der Waals surface area contributed by atoms with E-state index in [1.807, 2.05) is 6.92 Å². The topological polar surface area (TPSA) is 26.0 Å². The van der Waals surface area contributed by atoms with Crippen molar-refractivity contribution in [2.75, 3.05) is 11.5 Å². The summed E-state index contributed by atoms with van der Waals surface area (Å²) in [5.41, 5.74) is 5.94. The van der Waals surface area contributed by atoms with Crippen molar-refractivity contribution in [3.05, 3.63) is 35.9 Å². The molecule has 0 fully saturated rings. The van der Waals surface area contributed by atoms with Crippen molar-refractivity contribution >= 4 is 17.4 Å². The molecular weight excluding hydrogens is 235 g/mol. The molecule has 0 aliphatic carbocycles. The lowest BCUT2D eigenvalue weighted by Gasteiger charge is -2.10. The molecule has 0 bridgehead atoms. The molecule has 0 unspecified atom stereocenters. The molecule has 0 aliphatic heterocycles. The van der Waals surface area contributed by atoms with Crippen LogP contribution in [0.1, 0.15) is 12.5 Å². The lowest BCUT2D eigenvalue weighted by Crippen LogP contribution is -2.05. The Morgan fingerprint density at radius 2 is 2.06 bits per heavy atom. The van der Waals surface area contributed by atoms with Gasteiger partial charge >= 0.3 is 6.18 Å².